The lowest BCUT2D eigenvalue weighted by molar-refractivity contribution is -0.124. The van der Waals surface area contributed by atoms with Crippen LogP contribution in [0.1, 0.15) is 24.0 Å². The van der Waals surface area contributed by atoms with Gasteiger partial charge >= 0.3 is 0 Å². The Morgan fingerprint density at radius 3 is 2.32 bits per heavy atom. The number of halogens is 1. The van der Waals surface area contributed by atoms with Gasteiger partial charge in [0.15, 0.2) is 0 Å². The highest BCUT2D eigenvalue weighted by atomic mass is 19.1. The summed E-state index contributed by atoms with van der Waals surface area (Å²) in [5.41, 5.74) is 4.15. The van der Waals surface area contributed by atoms with E-state index in [0.717, 1.165) is 48.3 Å². The van der Waals surface area contributed by atoms with Crippen LogP contribution in [0.5, 0.6) is 0 Å². The number of aryl methyl sites for hydroxylation is 1. The van der Waals surface area contributed by atoms with E-state index >= 15 is 0 Å². The van der Waals surface area contributed by atoms with E-state index < -0.39 is 5.41 Å². The third-order valence-electron chi connectivity index (χ3n) is 5.93. The Bertz CT molecular complexity index is 853. The van der Waals surface area contributed by atoms with Gasteiger partial charge in [-0.3, -0.25) is 4.79 Å². The number of likely N-dealkylation sites (N-methyl/N-ethyl adjacent to an activating group) is 1. The first-order chi connectivity index (χ1) is 11.9. The van der Waals surface area contributed by atoms with E-state index in [4.69, 9.17) is 0 Å². The largest absolute Gasteiger partial charge is 0.314 e. The van der Waals surface area contributed by atoms with Crippen LogP contribution in [0.15, 0.2) is 36.4 Å². The Balaban J connectivity index is 1.82. The summed E-state index contributed by atoms with van der Waals surface area (Å²) < 4.78 is 14.0. The van der Waals surface area contributed by atoms with E-state index in [-0.39, 0.29) is 11.7 Å². The van der Waals surface area contributed by atoms with Gasteiger partial charge in [0, 0.05) is 12.7 Å². The van der Waals surface area contributed by atoms with Crippen molar-refractivity contribution >= 4 is 11.6 Å². The van der Waals surface area contributed by atoms with E-state index in [1.54, 1.807) is 24.0 Å². The molecule has 0 aliphatic carbocycles. The zero-order chi connectivity index (χ0) is 17.8. The van der Waals surface area contributed by atoms with E-state index in [1.807, 2.05) is 25.2 Å². The van der Waals surface area contributed by atoms with Crippen LogP contribution in [0, 0.1) is 12.7 Å². The van der Waals surface area contributed by atoms with E-state index in [9.17, 15) is 9.18 Å². The molecule has 0 bridgehead atoms. The molecule has 25 heavy (non-hydrogen) atoms. The zero-order valence-electron chi connectivity index (χ0n) is 15.0. The van der Waals surface area contributed by atoms with Crippen molar-refractivity contribution in [1.82, 2.24) is 4.90 Å². The van der Waals surface area contributed by atoms with Crippen LogP contribution < -0.4 is 4.90 Å². The molecule has 0 saturated carbocycles. The molecule has 2 aliphatic rings. The van der Waals surface area contributed by atoms with Crippen molar-refractivity contribution in [1.29, 1.82) is 0 Å². The average Bonchev–Trinajstić information content (AvgIpc) is 2.82. The highest BCUT2D eigenvalue weighted by Gasteiger charge is 2.50. The number of amides is 1. The molecular weight excluding hydrogens is 315 g/mol. The molecule has 4 heteroatoms. The summed E-state index contributed by atoms with van der Waals surface area (Å²) in [4.78, 5) is 17.1. The number of hydrogen-bond acceptors (Lipinski definition) is 2. The summed E-state index contributed by atoms with van der Waals surface area (Å²) in [6, 6.07) is 11.4. The van der Waals surface area contributed by atoms with Gasteiger partial charge < -0.3 is 9.80 Å². The SMILES string of the molecule is Cc1ccc(-c2ccc3c(c2)C2(CCN(C)CC2)C(=O)N3C)cc1F. The lowest BCUT2D eigenvalue weighted by Gasteiger charge is -2.36. The number of anilines is 1. The van der Waals surface area contributed by atoms with Gasteiger partial charge in [-0.05, 0) is 80.4 Å². The van der Waals surface area contributed by atoms with E-state index in [0.29, 0.717) is 5.56 Å². The average molecular weight is 338 g/mol. The van der Waals surface area contributed by atoms with Gasteiger partial charge in [0.05, 0.1) is 5.41 Å². The molecule has 2 heterocycles. The minimum atomic E-state index is -0.421. The fourth-order valence-electron chi connectivity index (χ4n) is 4.19. The second-order valence-corrected chi connectivity index (χ2v) is 7.45. The Kier molecular flexibility index (Phi) is 3.69. The predicted molar refractivity (Wildman–Crippen MR) is 98.4 cm³/mol. The lowest BCUT2D eigenvalue weighted by Crippen LogP contribution is -2.47. The number of piperidine rings is 1. The van der Waals surface area contributed by atoms with Crippen LogP contribution in [0.3, 0.4) is 0 Å². The molecule has 0 N–H and O–H groups in total. The quantitative estimate of drug-likeness (QED) is 0.791. The molecule has 2 aromatic carbocycles. The third kappa shape index (κ3) is 2.39. The van der Waals surface area contributed by atoms with Gasteiger partial charge in [0.25, 0.3) is 0 Å². The number of benzene rings is 2. The number of carbonyl (C=O) groups is 1. The molecule has 2 aliphatic heterocycles. The van der Waals surface area contributed by atoms with Crippen LogP contribution in [-0.2, 0) is 10.2 Å². The van der Waals surface area contributed by atoms with Crippen LogP contribution in [0.25, 0.3) is 11.1 Å². The summed E-state index contributed by atoms with van der Waals surface area (Å²) in [5.74, 6) is 0.00281. The molecule has 2 aromatic rings. The van der Waals surface area contributed by atoms with Crippen LogP contribution in [0.2, 0.25) is 0 Å². The minimum Gasteiger partial charge on any atom is -0.314 e. The van der Waals surface area contributed by atoms with Gasteiger partial charge in [-0.15, -0.1) is 0 Å². The number of rotatable bonds is 1. The molecule has 1 saturated heterocycles. The van der Waals surface area contributed by atoms with Crippen molar-refractivity contribution in [2.24, 2.45) is 0 Å². The maximum atomic E-state index is 14.0. The summed E-state index contributed by atoms with van der Waals surface area (Å²) in [7, 11) is 3.96. The molecule has 1 fully saturated rings. The van der Waals surface area contributed by atoms with Crippen molar-refractivity contribution in [3.8, 4) is 11.1 Å². The van der Waals surface area contributed by atoms with Crippen molar-refractivity contribution in [3.63, 3.8) is 0 Å². The first-order valence-electron chi connectivity index (χ1n) is 8.80. The predicted octanol–water partition coefficient (Wildman–Crippen LogP) is 3.74. The molecule has 1 amide bonds. The fourth-order valence-corrected chi connectivity index (χ4v) is 4.19. The second kappa shape index (κ2) is 5.67. The molecule has 1 spiro atoms. The Hall–Kier alpha value is -2.20. The maximum absolute atomic E-state index is 14.0. The molecule has 3 nitrogen and oxygen atoms in total. The minimum absolute atomic E-state index is 0.194. The number of fused-ring (bicyclic) bond motifs is 2. The third-order valence-corrected chi connectivity index (χ3v) is 5.93. The summed E-state index contributed by atoms with van der Waals surface area (Å²) in [6.07, 6.45) is 1.68. The molecule has 0 aromatic heterocycles. The zero-order valence-corrected chi connectivity index (χ0v) is 15.0. The second-order valence-electron chi connectivity index (χ2n) is 7.45. The molecule has 130 valence electrons. The fraction of sp³-hybridized carbons (Fsp3) is 0.381. The number of likely N-dealkylation sites (tertiary alicyclic amines) is 1. The highest BCUT2D eigenvalue weighted by molar-refractivity contribution is 6.08. The van der Waals surface area contributed by atoms with Crippen LogP contribution >= 0.6 is 0 Å². The Morgan fingerprint density at radius 1 is 1.00 bits per heavy atom. The molecule has 0 unspecified atom stereocenters. The van der Waals surface area contributed by atoms with Crippen molar-refractivity contribution in [2.75, 3.05) is 32.1 Å². The standard InChI is InChI=1S/C21H23FN2O/c1-14-4-5-16(13-18(14)22)15-6-7-19-17(12-15)21(20(25)24(19)3)8-10-23(2)11-9-21/h4-7,12-13H,8-11H2,1-3H3. The van der Waals surface area contributed by atoms with E-state index in [2.05, 4.69) is 18.0 Å². The lowest BCUT2D eigenvalue weighted by atomic mass is 9.73. The molecular formula is C21H23FN2O. The van der Waals surface area contributed by atoms with Gasteiger partial charge in [-0.2, -0.15) is 0 Å². The normalized spacial score (nSPS) is 19.5. The highest BCUT2D eigenvalue weighted by Crippen LogP contribution is 2.48. The Labute approximate surface area is 148 Å². The van der Waals surface area contributed by atoms with E-state index in [1.165, 1.54) is 0 Å². The molecule has 0 atom stereocenters. The van der Waals surface area contributed by atoms with Gasteiger partial charge in [0.1, 0.15) is 5.82 Å². The van der Waals surface area contributed by atoms with Gasteiger partial charge in [-0.25, -0.2) is 4.39 Å². The van der Waals surface area contributed by atoms with Crippen molar-refractivity contribution in [2.45, 2.75) is 25.2 Å². The first-order valence-corrected chi connectivity index (χ1v) is 8.80. The summed E-state index contributed by atoms with van der Waals surface area (Å²) >= 11 is 0. The molecule has 0 radical (unpaired) electrons. The smallest absolute Gasteiger partial charge is 0.237 e. The summed E-state index contributed by atoms with van der Waals surface area (Å²) in [5, 5.41) is 0. The number of carbonyl (C=O) groups excluding carboxylic acids is 1. The van der Waals surface area contributed by atoms with Gasteiger partial charge in [-0.1, -0.05) is 18.2 Å². The monoisotopic (exact) mass is 338 g/mol. The Morgan fingerprint density at radius 2 is 1.64 bits per heavy atom. The van der Waals surface area contributed by atoms with Crippen LogP contribution in [0.4, 0.5) is 10.1 Å². The van der Waals surface area contributed by atoms with Gasteiger partial charge in [0.2, 0.25) is 5.91 Å². The maximum Gasteiger partial charge on any atom is 0.237 e. The van der Waals surface area contributed by atoms with Crippen molar-refractivity contribution in [3.05, 3.63) is 53.3 Å². The van der Waals surface area contributed by atoms with Crippen LogP contribution in [-0.4, -0.2) is 38.0 Å². The number of nitrogens with zero attached hydrogens (tertiary/aromatic N) is 2. The molecule has 4 rings (SSSR count). The topological polar surface area (TPSA) is 23.6 Å². The van der Waals surface area contributed by atoms with Crippen molar-refractivity contribution < 1.29 is 9.18 Å². The summed E-state index contributed by atoms with van der Waals surface area (Å²) in [6.45, 7) is 3.60. The first kappa shape index (κ1) is 16.3. The number of hydrogen-bond donors (Lipinski definition) is 0.